The van der Waals surface area contributed by atoms with Crippen LogP contribution in [0.3, 0.4) is 0 Å². The first kappa shape index (κ1) is 28.2. The van der Waals surface area contributed by atoms with Gasteiger partial charge in [-0.1, -0.05) is 0 Å². The van der Waals surface area contributed by atoms with Crippen LogP contribution < -0.4 is 15.0 Å². The molecule has 0 saturated carbocycles. The topological polar surface area (TPSA) is 107 Å². The van der Waals surface area contributed by atoms with Crippen LogP contribution in [0.4, 0.5) is 26.3 Å². The van der Waals surface area contributed by atoms with Crippen molar-refractivity contribution in [3.05, 3.63) is 74.6 Å². The fraction of sp³-hybridized carbons (Fsp3) is 0.292. The lowest BCUT2D eigenvalue weighted by Crippen LogP contribution is -2.32. The number of nitriles is 1. The highest BCUT2D eigenvalue weighted by atomic mass is 19.3. The second kappa shape index (κ2) is 10.9. The Kier molecular flexibility index (Phi) is 8.09. The maximum Gasteiger partial charge on any atom is 0.352 e. The molecule has 200 valence electrons. The van der Waals surface area contributed by atoms with E-state index in [1.54, 1.807) is 6.07 Å². The smallest absolute Gasteiger partial charge is 0.352 e. The van der Waals surface area contributed by atoms with Crippen LogP contribution >= 0.6 is 0 Å². The van der Waals surface area contributed by atoms with Gasteiger partial charge in [-0.15, -0.1) is 0 Å². The third kappa shape index (κ3) is 5.46. The molecule has 0 unspecified atom stereocenters. The van der Waals surface area contributed by atoms with Crippen LogP contribution in [-0.2, 0) is 12.5 Å². The Bertz CT molecular complexity index is 1480. The second-order valence-electron chi connectivity index (χ2n) is 7.91. The lowest BCUT2D eigenvalue weighted by atomic mass is 10.0. The quantitative estimate of drug-likeness (QED) is 0.272. The van der Waals surface area contributed by atoms with Gasteiger partial charge in [0.15, 0.2) is 11.5 Å². The molecule has 8 nitrogen and oxygen atoms in total. The highest BCUT2D eigenvalue weighted by Crippen LogP contribution is 2.39. The lowest BCUT2D eigenvalue weighted by molar-refractivity contribution is -0.139. The van der Waals surface area contributed by atoms with Crippen LogP contribution in [0, 0.1) is 18.3 Å². The van der Waals surface area contributed by atoms with E-state index in [2.05, 4.69) is 9.97 Å². The number of rotatable bonds is 9. The van der Waals surface area contributed by atoms with Crippen LogP contribution in [0.5, 0.6) is 17.4 Å². The molecular formula is C24H18F6N4O4. The number of alkyl halides is 6. The highest BCUT2D eigenvalue weighted by Gasteiger charge is 2.48. The molecule has 2 aromatic heterocycles. The van der Waals surface area contributed by atoms with E-state index in [1.807, 2.05) is 0 Å². The van der Waals surface area contributed by atoms with Crippen molar-refractivity contribution in [3.8, 4) is 23.4 Å². The number of ether oxygens (including phenoxy) is 2. The van der Waals surface area contributed by atoms with Gasteiger partial charge in [0, 0.05) is 23.6 Å². The molecular weight excluding hydrogens is 522 g/mol. The molecule has 0 aliphatic rings. The van der Waals surface area contributed by atoms with Crippen molar-refractivity contribution in [2.24, 2.45) is 0 Å². The molecule has 0 N–H and O–H groups in total. The van der Waals surface area contributed by atoms with E-state index in [0.717, 1.165) is 6.07 Å². The standard InChI is InChI=1S/C24H18F6N4O4/c1-11-15(8-31)6-14(20(25)26)7-17(11)38-18-19(24(29,30)23(27)28)32-10-34(22(18)36)9-13-4-5-16(12(2)35)33-21(13)37-3/h4-7,10,20,23H,9H2,1-3H3. The van der Waals surface area contributed by atoms with Crippen LogP contribution in [-0.4, -0.2) is 33.9 Å². The molecule has 0 aliphatic carbocycles. The Morgan fingerprint density at radius 3 is 2.45 bits per heavy atom. The molecule has 3 rings (SSSR count). The molecule has 3 aromatic rings. The molecule has 0 amide bonds. The highest BCUT2D eigenvalue weighted by molar-refractivity contribution is 5.92. The maximum atomic E-state index is 14.4. The summed E-state index contributed by atoms with van der Waals surface area (Å²) in [5.41, 5.74) is -4.03. The van der Waals surface area contributed by atoms with Crippen LogP contribution in [0.15, 0.2) is 35.4 Å². The van der Waals surface area contributed by atoms with Gasteiger partial charge in [-0.25, -0.2) is 27.5 Å². The van der Waals surface area contributed by atoms with Crippen molar-refractivity contribution < 1.29 is 40.6 Å². The number of hydrogen-bond donors (Lipinski definition) is 0. The molecule has 0 radical (unpaired) electrons. The number of pyridine rings is 1. The first-order valence-electron chi connectivity index (χ1n) is 10.6. The molecule has 0 spiro atoms. The SMILES string of the molecule is COc1nc(C(C)=O)ccc1Cn1cnc(C(F)(F)C(F)F)c(Oc2cc(C(F)F)cc(C#N)c2C)c1=O. The van der Waals surface area contributed by atoms with E-state index in [4.69, 9.17) is 9.47 Å². The number of carbonyl (C=O) groups excluding carboxylic acids is 1. The Hall–Kier alpha value is -4.41. The summed E-state index contributed by atoms with van der Waals surface area (Å²) < 4.78 is 93.0. The molecule has 0 bridgehead atoms. The van der Waals surface area contributed by atoms with Crippen molar-refractivity contribution in [1.29, 1.82) is 5.26 Å². The third-order valence-electron chi connectivity index (χ3n) is 5.39. The van der Waals surface area contributed by atoms with Crippen LogP contribution in [0.25, 0.3) is 0 Å². The number of halogens is 6. The summed E-state index contributed by atoms with van der Waals surface area (Å²) in [7, 11) is 1.23. The van der Waals surface area contributed by atoms with Gasteiger partial charge in [-0.05, 0) is 31.2 Å². The zero-order valence-electron chi connectivity index (χ0n) is 19.9. The molecule has 2 heterocycles. The van der Waals surface area contributed by atoms with E-state index in [0.29, 0.717) is 17.0 Å². The monoisotopic (exact) mass is 540 g/mol. The number of aromatic nitrogens is 3. The fourth-order valence-corrected chi connectivity index (χ4v) is 3.33. The van der Waals surface area contributed by atoms with Crippen LogP contribution in [0.1, 0.15) is 51.8 Å². The zero-order valence-corrected chi connectivity index (χ0v) is 19.9. The predicted molar refractivity (Wildman–Crippen MR) is 119 cm³/mol. The minimum atomic E-state index is -4.96. The van der Waals surface area contributed by atoms with Crippen molar-refractivity contribution in [2.75, 3.05) is 7.11 Å². The van der Waals surface area contributed by atoms with Crippen molar-refractivity contribution in [1.82, 2.24) is 14.5 Å². The summed E-state index contributed by atoms with van der Waals surface area (Å²) in [6, 6.07) is 5.87. The van der Waals surface area contributed by atoms with Gasteiger partial charge in [0.25, 0.3) is 12.0 Å². The Morgan fingerprint density at radius 1 is 1.21 bits per heavy atom. The van der Waals surface area contributed by atoms with Gasteiger partial charge in [0.1, 0.15) is 11.4 Å². The normalized spacial score (nSPS) is 11.5. The minimum absolute atomic E-state index is 0.0368. The summed E-state index contributed by atoms with van der Waals surface area (Å²) >= 11 is 0. The summed E-state index contributed by atoms with van der Waals surface area (Å²) in [4.78, 5) is 32.1. The average molecular weight is 540 g/mol. The minimum Gasteiger partial charge on any atom is -0.481 e. The van der Waals surface area contributed by atoms with Gasteiger partial charge in [0.2, 0.25) is 11.6 Å². The Balaban J connectivity index is 2.21. The van der Waals surface area contributed by atoms with Gasteiger partial charge in [-0.2, -0.15) is 14.0 Å². The zero-order chi connectivity index (χ0) is 28.4. The first-order chi connectivity index (χ1) is 17.8. The number of ketones is 1. The van der Waals surface area contributed by atoms with E-state index >= 15 is 0 Å². The third-order valence-corrected chi connectivity index (χ3v) is 5.39. The first-order valence-corrected chi connectivity index (χ1v) is 10.6. The molecule has 0 atom stereocenters. The van der Waals surface area contributed by atoms with E-state index in [1.165, 1.54) is 33.1 Å². The largest absolute Gasteiger partial charge is 0.481 e. The van der Waals surface area contributed by atoms with E-state index < -0.39 is 53.6 Å². The molecule has 38 heavy (non-hydrogen) atoms. The fourth-order valence-electron chi connectivity index (χ4n) is 3.33. The van der Waals surface area contributed by atoms with E-state index in [-0.39, 0.29) is 34.0 Å². The summed E-state index contributed by atoms with van der Waals surface area (Å²) in [5.74, 6) is -7.40. The van der Waals surface area contributed by atoms with Gasteiger partial charge in [-0.3, -0.25) is 14.2 Å². The Morgan fingerprint density at radius 2 is 1.89 bits per heavy atom. The molecule has 1 aromatic carbocycles. The van der Waals surface area contributed by atoms with Gasteiger partial charge >= 0.3 is 12.3 Å². The number of benzene rings is 1. The van der Waals surface area contributed by atoms with Crippen molar-refractivity contribution in [2.45, 2.75) is 39.2 Å². The number of Topliss-reactive ketones (excluding diaryl/α,β-unsaturated/α-hetero) is 1. The predicted octanol–water partition coefficient (Wildman–Crippen LogP) is 5.16. The molecule has 0 aliphatic heterocycles. The Labute approximate surface area is 211 Å². The second-order valence-corrected chi connectivity index (χ2v) is 7.91. The lowest BCUT2D eigenvalue weighted by Gasteiger charge is -2.20. The number of nitrogens with zero attached hydrogens (tertiary/aromatic N) is 4. The number of hydrogen-bond acceptors (Lipinski definition) is 7. The summed E-state index contributed by atoms with van der Waals surface area (Å²) in [5, 5.41) is 9.25. The van der Waals surface area contributed by atoms with Crippen molar-refractivity contribution >= 4 is 5.78 Å². The number of carbonyl (C=O) groups is 1. The maximum absolute atomic E-state index is 14.4. The summed E-state index contributed by atoms with van der Waals surface area (Å²) in [6.45, 7) is 2.05. The summed E-state index contributed by atoms with van der Waals surface area (Å²) in [6.07, 6.45) is -6.82. The van der Waals surface area contributed by atoms with Crippen LogP contribution in [0.2, 0.25) is 0 Å². The van der Waals surface area contributed by atoms with Crippen molar-refractivity contribution in [3.63, 3.8) is 0 Å². The van der Waals surface area contributed by atoms with Gasteiger partial charge in [0.05, 0.1) is 31.6 Å². The van der Waals surface area contributed by atoms with E-state index in [9.17, 15) is 41.2 Å². The average Bonchev–Trinajstić information content (AvgIpc) is 2.86. The molecule has 0 saturated heterocycles. The molecule has 14 heteroatoms. The number of methoxy groups -OCH3 is 1. The molecule has 0 fully saturated rings. The van der Waals surface area contributed by atoms with Gasteiger partial charge < -0.3 is 9.47 Å².